The number of quaternary nitrogens is 1. The van der Waals surface area contributed by atoms with Crippen molar-refractivity contribution in [2.45, 2.75) is 18.5 Å². The van der Waals surface area contributed by atoms with E-state index in [2.05, 4.69) is 11.1 Å². The van der Waals surface area contributed by atoms with Crippen molar-refractivity contribution < 1.29 is 23.6 Å². The average Bonchev–Trinajstić information content (AvgIpc) is 3.52. The van der Waals surface area contributed by atoms with Gasteiger partial charge in [0.2, 0.25) is 0 Å². The Bertz CT molecular complexity index is 1460. The molecule has 0 aliphatic carbocycles. The first-order valence-corrected chi connectivity index (χ1v) is 11.4. The number of methoxy groups -OCH3 is 1. The van der Waals surface area contributed by atoms with Crippen LogP contribution in [0.4, 0.5) is 10.5 Å². The summed E-state index contributed by atoms with van der Waals surface area (Å²) in [7, 11) is 1.57. The average molecular weight is 468 g/mol. The zero-order valence-corrected chi connectivity index (χ0v) is 19.0. The summed E-state index contributed by atoms with van der Waals surface area (Å²) in [6, 6.07) is 14.5. The zero-order valence-electron chi connectivity index (χ0n) is 19.0. The number of benzene rings is 2. The summed E-state index contributed by atoms with van der Waals surface area (Å²) in [6.45, 7) is 1.23. The molecule has 4 unspecified atom stereocenters. The number of carbonyl (C=O) groups excluding carboxylic acids is 3. The molecular formula is C26H22N5O4+. The minimum atomic E-state index is -0.627. The second-order valence-corrected chi connectivity index (χ2v) is 9.23. The molecule has 6 rings (SSSR count). The quantitative estimate of drug-likeness (QED) is 0.418. The number of fused-ring (bicyclic) bond motifs is 2. The predicted octanol–water partition coefficient (Wildman–Crippen LogP) is 2.23. The third-order valence-electron chi connectivity index (χ3n) is 7.45. The van der Waals surface area contributed by atoms with E-state index in [0.29, 0.717) is 47.7 Å². The van der Waals surface area contributed by atoms with E-state index in [0.717, 1.165) is 5.56 Å². The molecule has 9 nitrogen and oxygen atoms in total. The first-order chi connectivity index (χ1) is 17.0. The minimum Gasteiger partial charge on any atom is -0.497 e. The highest BCUT2D eigenvalue weighted by Crippen LogP contribution is 2.45. The maximum absolute atomic E-state index is 14.0. The molecule has 3 amide bonds. The SMILES string of the molecule is COc1cccc(CC(=O)C2CN3CC4C(=O)N(c5ccc(C#N)c6ncccc56)C(=O)[N+]24C3)c1. The van der Waals surface area contributed by atoms with Crippen LogP contribution in [0.3, 0.4) is 0 Å². The summed E-state index contributed by atoms with van der Waals surface area (Å²) in [5.74, 6) is 0.281. The fourth-order valence-electron chi connectivity index (χ4n) is 5.87. The van der Waals surface area contributed by atoms with Crippen LogP contribution >= 0.6 is 0 Å². The molecule has 0 radical (unpaired) electrons. The number of urea groups is 1. The molecule has 3 aromatic rings. The lowest BCUT2D eigenvalue weighted by molar-refractivity contribution is -0.852. The molecule has 2 bridgehead atoms. The van der Waals surface area contributed by atoms with Crippen LogP contribution in [-0.4, -0.2) is 71.0 Å². The summed E-state index contributed by atoms with van der Waals surface area (Å²) in [5.41, 5.74) is 2.02. The van der Waals surface area contributed by atoms with E-state index < -0.39 is 12.1 Å². The van der Waals surface area contributed by atoms with Crippen LogP contribution in [0.5, 0.6) is 5.75 Å². The minimum absolute atomic E-state index is 0.0696. The first-order valence-electron chi connectivity index (χ1n) is 11.4. The molecule has 174 valence electrons. The lowest BCUT2D eigenvalue weighted by Gasteiger charge is -2.32. The molecule has 1 spiro atoms. The number of ketones is 1. The van der Waals surface area contributed by atoms with Gasteiger partial charge in [0, 0.05) is 18.0 Å². The summed E-state index contributed by atoms with van der Waals surface area (Å²) in [4.78, 5) is 48.7. The zero-order chi connectivity index (χ0) is 24.3. The molecular weight excluding hydrogens is 446 g/mol. The van der Waals surface area contributed by atoms with Crippen molar-refractivity contribution in [3.63, 3.8) is 0 Å². The van der Waals surface area contributed by atoms with Crippen molar-refractivity contribution in [1.29, 1.82) is 5.26 Å². The number of aromatic nitrogens is 1. The molecule has 4 heterocycles. The Labute approximate surface area is 201 Å². The summed E-state index contributed by atoms with van der Waals surface area (Å²) >= 11 is 0. The number of amides is 3. The molecule has 4 atom stereocenters. The van der Waals surface area contributed by atoms with Crippen LogP contribution < -0.4 is 9.64 Å². The van der Waals surface area contributed by atoms with Gasteiger partial charge in [-0.3, -0.25) is 14.6 Å². The third kappa shape index (κ3) is 2.94. The van der Waals surface area contributed by atoms with Gasteiger partial charge < -0.3 is 4.74 Å². The number of imide groups is 1. The van der Waals surface area contributed by atoms with Gasteiger partial charge >= 0.3 is 6.03 Å². The monoisotopic (exact) mass is 468 g/mol. The highest BCUT2D eigenvalue weighted by molar-refractivity contribution is 6.22. The number of carbonyl (C=O) groups is 3. The first kappa shape index (κ1) is 21.4. The number of hydrogen-bond acceptors (Lipinski definition) is 7. The Morgan fingerprint density at radius 2 is 2.06 bits per heavy atom. The molecule has 3 fully saturated rings. The topological polar surface area (TPSA) is 104 Å². The normalized spacial score (nSPS) is 26.7. The van der Waals surface area contributed by atoms with Crippen LogP contribution in [-0.2, 0) is 16.0 Å². The number of Topliss-reactive ketones (excluding diaryl/α,β-unsaturated/α-hetero) is 1. The highest BCUT2D eigenvalue weighted by Gasteiger charge is 2.73. The fourth-order valence-corrected chi connectivity index (χ4v) is 5.87. The van der Waals surface area contributed by atoms with E-state index in [1.54, 1.807) is 37.6 Å². The Balaban J connectivity index is 1.38. The molecule has 3 saturated heterocycles. The van der Waals surface area contributed by atoms with E-state index in [1.807, 2.05) is 29.2 Å². The van der Waals surface area contributed by atoms with Gasteiger partial charge in [0.05, 0.1) is 37.0 Å². The van der Waals surface area contributed by atoms with Gasteiger partial charge in [-0.2, -0.15) is 10.2 Å². The van der Waals surface area contributed by atoms with Crippen molar-refractivity contribution in [3.05, 3.63) is 65.9 Å². The van der Waals surface area contributed by atoms with Gasteiger partial charge in [0.1, 0.15) is 18.5 Å². The molecule has 0 N–H and O–H groups in total. The van der Waals surface area contributed by atoms with E-state index in [4.69, 9.17) is 4.74 Å². The predicted molar refractivity (Wildman–Crippen MR) is 125 cm³/mol. The summed E-state index contributed by atoms with van der Waals surface area (Å²) in [5, 5.41) is 10.0. The van der Waals surface area contributed by atoms with Crippen molar-refractivity contribution in [1.82, 2.24) is 9.88 Å². The van der Waals surface area contributed by atoms with Crippen LogP contribution in [0.1, 0.15) is 11.1 Å². The fraction of sp³-hybridized carbons (Fsp3) is 0.269. The summed E-state index contributed by atoms with van der Waals surface area (Å²) in [6.07, 6.45) is 1.74. The van der Waals surface area contributed by atoms with Crippen molar-refractivity contribution in [2.75, 3.05) is 31.8 Å². The van der Waals surface area contributed by atoms with Gasteiger partial charge in [0.25, 0.3) is 5.91 Å². The van der Waals surface area contributed by atoms with Gasteiger partial charge in [-0.15, -0.1) is 0 Å². The van der Waals surface area contributed by atoms with Gasteiger partial charge in [-0.25, -0.2) is 14.2 Å². The number of nitrogens with zero attached hydrogens (tertiary/aromatic N) is 5. The lowest BCUT2D eigenvalue weighted by atomic mass is 9.99. The van der Waals surface area contributed by atoms with Crippen LogP contribution in [0.15, 0.2) is 54.7 Å². The standard InChI is InChI=1S/C26H22N5O4/c1-35-18-5-2-4-16(10-18)11-23(32)21-13-29-14-22-25(33)30(26(34)31(21,22)15-29)20-8-7-17(12-27)24-19(20)6-3-9-28-24/h2-10,21-22H,11,13-15H2,1H3/q+1. The third-order valence-corrected chi connectivity index (χ3v) is 7.45. The number of anilines is 1. The largest absolute Gasteiger partial charge is 0.497 e. The molecule has 35 heavy (non-hydrogen) atoms. The Morgan fingerprint density at radius 3 is 2.86 bits per heavy atom. The smallest absolute Gasteiger partial charge is 0.433 e. The number of hydrogen-bond donors (Lipinski definition) is 0. The highest BCUT2D eigenvalue weighted by atomic mass is 16.5. The van der Waals surface area contributed by atoms with E-state index in [9.17, 15) is 19.6 Å². The molecule has 0 saturated carbocycles. The van der Waals surface area contributed by atoms with Gasteiger partial charge in [-0.1, -0.05) is 12.1 Å². The van der Waals surface area contributed by atoms with E-state index in [1.165, 1.54) is 4.90 Å². The van der Waals surface area contributed by atoms with Crippen LogP contribution in [0.25, 0.3) is 10.9 Å². The maximum atomic E-state index is 14.0. The second kappa shape index (κ2) is 7.70. The number of ether oxygens (including phenoxy) is 1. The van der Waals surface area contributed by atoms with Crippen LogP contribution in [0, 0.1) is 11.3 Å². The Morgan fingerprint density at radius 1 is 1.20 bits per heavy atom. The Kier molecular flexibility index (Phi) is 4.71. The van der Waals surface area contributed by atoms with Crippen molar-refractivity contribution in [3.8, 4) is 11.8 Å². The van der Waals surface area contributed by atoms with E-state index >= 15 is 0 Å². The molecule has 1 aromatic heterocycles. The van der Waals surface area contributed by atoms with Crippen molar-refractivity contribution >= 4 is 34.3 Å². The number of piperazine rings is 1. The van der Waals surface area contributed by atoms with Crippen molar-refractivity contribution in [2.24, 2.45) is 0 Å². The lowest BCUT2D eigenvalue weighted by Crippen LogP contribution is -2.62. The van der Waals surface area contributed by atoms with Gasteiger partial charge in [0.15, 0.2) is 17.9 Å². The number of nitriles is 1. The molecule has 3 aliphatic rings. The van der Waals surface area contributed by atoms with Crippen LogP contribution in [0.2, 0.25) is 0 Å². The van der Waals surface area contributed by atoms with E-state index in [-0.39, 0.29) is 28.6 Å². The number of pyridine rings is 1. The second-order valence-electron chi connectivity index (χ2n) is 9.23. The number of rotatable bonds is 5. The molecule has 9 heteroatoms. The molecule has 3 aliphatic heterocycles. The summed E-state index contributed by atoms with van der Waals surface area (Å²) < 4.78 is 5.08. The maximum Gasteiger partial charge on any atom is 0.433 e. The molecule has 2 aromatic carbocycles. The Hall–Kier alpha value is -4.13. The van der Waals surface area contributed by atoms with Gasteiger partial charge in [-0.05, 0) is 42.0 Å².